The van der Waals surface area contributed by atoms with Crippen molar-refractivity contribution in [2.75, 3.05) is 13.2 Å². The van der Waals surface area contributed by atoms with E-state index in [9.17, 15) is 9.59 Å². The van der Waals surface area contributed by atoms with E-state index in [0.717, 1.165) is 5.01 Å². The first-order chi connectivity index (χ1) is 9.31. The highest BCUT2D eigenvalue weighted by atomic mass is 32.1. The van der Waals surface area contributed by atoms with E-state index in [1.165, 1.54) is 11.3 Å². The van der Waals surface area contributed by atoms with Crippen molar-refractivity contribution in [3.05, 3.63) is 16.1 Å². The molecule has 0 unspecified atom stereocenters. The van der Waals surface area contributed by atoms with Gasteiger partial charge < -0.3 is 14.8 Å². The third kappa shape index (κ3) is 6.01. The molecule has 7 heteroatoms. The number of nitrogens with zero attached hydrogens (tertiary/aromatic N) is 1. The SMILES string of the molecule is CCOC(=O)c1csc(CCNC(=O)OC(C)(C)C)n1. The third-order valence-corrected chi connectivity index (χ3v) is 2.95. The molecule has 1 rings (SSSR count). The summed E-state index contributed by atoms with van der Waals surface area (Å²) in [6, 6.07) is 0. The monoisotopic (exact) mass is 300 g/mol. The van der Waals surface area contributed by atoms with Crippen molar-refractivity contribution < 1.29 is 19.1 Å². The Morgan fingerprint density at radius 2 is 2.10 bits per heavy atom. The standard InChI is InChI=1S/C13H20N2O4S/c1-5-18-11(16)9-8-20-10(15-9)6-7-14-12(17)19-13(2,3)4/h8H,5-7H2,1-4H3,(H,14,17). The average Bonchev–Trinajstić information content (AvgIpc) is 2.75. The molecule has 6 nitrogen and oxygen atoms in total. The second kappa shape index (κ2) is 7.23. The molecule has 0 aromatic carbocycles. The lowest BCUT2D eigenvalue weighted by atomic mass is 10.2. The van der Waals surface area contributed by atoms with Crippen molar-refractivity contribution in [2.24, 2.45) is 0 Å². The van der Waals surface area contributed by atoms with Crippen molar-refractivity contribution in [3.63, 3.8) is 0 Å². The normalized spacial score (nSPS) is 11.0. The van der Waals surface area contributed by atoms with E-state index < -0.39 is 17.7 Å². The first-order valence-electron chi connectivity index (χ1n) is 6.40. The number of aromatic nitrogens is 1. The van der Waals surface area contributed by atoms with Gasteiger partial charge in [0.1, 0.15) is 5.60 Å². The second-order valence-corrected chi connectivity index (χ2v) is 5.97. The fraction of sp³-hybridized carbons (Fsp3) is 0.615. The molecule has 0 bridgehead atoms. The van der Waals surface area contributed by atoms with E-state index in [1.54, 1.807) is 33.1 Å². The molecule has 0 aliphatic rings. The molecular formula is C13H20N2O4S. The highest BCUT2D eigenvalue weighted by molar-refractivity contribution is 7.09. The van der Waals surface area contributed by atoms with E-state index in [2.05, 4.69) is 10.3 Å². The quantitative estimate of drug-likeness (QED) is 0.845. The van der Waals surface area contributed by atoms with Crippen molar-refractivity contribution in [2.45, 2.75) is 39.7 Å². The van der Waals surface area contributed by atoms with Crippen LogP contribution in [0.5, 0.6) is 0 Å². The summed E-state index contributed by atoms with van der Waals surface area (Å²) in [7, 11) is 0. The van der Waals surface area contributed by atoms with Crippen LogP contribution in [0.3, 0.4) is 0 Å². The van der Waals surface area contributed by atoms with Gasteiger partial charge in [-0.1, -0.05) is 0 Å². The summed E-state index contributed by atoms with van der Waals surface area (Å²) in [6.07, 6.45) is 0.0863. The number of ether oxygens (including phenoxy) is 2. The molecule has 1 heterocycles. The van der Waals surface area contributed by atoms with Gasteiger partial charge in [0, 0.05) is 18.3 Å². The molecule has 20 heavy (non-hydrogen) atoms. The van der Waals surface area contributed by atoms with Crippen molar-refractivity contribution in [3.8, 4) is 0 Å². The van der Waals surface area contributed by atoms with Crippen LogP contribution in [0, 0.1) is 0 Å². The highest BCUT2D eigenvalue weighted by Gasteiger charge is 2.16. The third-order valence-electron chi connectivity index (χ3n) is 2.04. The number of thiazole rings is 1. The minimum atomic E-state index is -0.512. The van der Waals surface area contributed by atoms with Crippen LogP contribution in [0.2, 0.25) is 0 Å². The first-order valence-corrected chi connectivity index (χ1v) is 7.28. The summed E-state index contributed by atoms with van der Waals surface area (Å²) >= 11 is 1.36. The largest absolute Gasteiger partial charge is 0.461 e. The van der Waals surface area contributed by atoms with Gasteiger partial charge in [-0.2, -0.15) is 0 Å². The van der Waals surface area contributed by atoms with Crippen molar-refractivity contribution in [1.29, 1.82) is 0 Å². The number of hydrogen-bond acceptors (Lipinski definition) is 6. The van der Waals surface area contributed by atoms with Crippen LogP contribution in [-0.2, 0) is 15.9 Å². The molecule has 0 spiro atoms. The van der Waals surface area contributed by atoms with Crippen molar-refractivity contribution in [1.82, 2.24) is 10.3 Å². The fourth-order valence-corrected chi connectivity index (χ4v) is 2.08. The van der Waals surface area contributed by atoms with Crippen LogP contribution in [-0.4, -0.2) is 35.8 Å². The molecule has 0 aliphatic carbocycles. The topological polar surface area (TPSA) is 77.5 Å². The molecule has 1 aromatic rings. The Hall–Kier alpha value is -1.63. The average molecular weight is 300 g/mol. The van der Waals surface area contributed by atoms with E-state index in [4.69, 9.17) is 9.47 Å². The summed E-state index contributed by atoms with van der Waals surface area (Å²) in [5, 5.41) is 5.06. The molecular weight excluding hydrogens is 280 g/mol. The van der Waals surface area contributed by atoms with Gasteiger partial charge in [-0.3, -0.25) is 0 Å². The van der Waals surface area contributed by atoms with Gasteiger partial charge in [-0.15, -0.1) is 11.3 Å². The lowest BCUT2D eigenvalue weighted by Crippen LogP contribution is -2.33. The molecule has 0 saturated heterocycles. The number of hydrogen-bond donors (Lipinski definition) is 1. The molecule has 1 N–H and O–H groups in total. The summed E-state index contributed by atoms with van der Waals surface area (Å²) in [5.74, 6) is -0.421. The van der Waals surface area contributed by atoms with Crippen LogP contribution in [0.25, 0.3) is 0 Å². The summed E-state index contributed by atoms with van der Waals surface area (Å²) < 4.78 is 9.96. The molecule has 0 saturated carbocycles. The van der Waals surface area contributed by atoms with Gasteiger partial charge in [-0.25, -0.2) is 14.6 Å². The minimum absolute atomic E-state index is 0.309. The van der Waals surface area contributed by atoms with E-state index in [1.807, 2.05) is 0 Å². The van der Waals surface area contributed by atoms with Crippen LogP contribution < -0.4 is 5.32 Å². The first kappa shape index (κ1) is 16.4. The fourth-order valence-electron chi connectivity index (χ4n) is 1.31. The number of carbonyl (C=O) groups excluding carboxylic acids is 2. The number of amides is 1. The molecule has 0 radical (unpaired) electrons. The predicted molar refractivity (Wildman–Crippen MR) is 76.0 cm³/mol. The van der Waals surface area contributed by atoms with Crippen LogP contribution in [0.15, 0.2) is 5.38 Å². The number of rotatable bonds is 5. The number of esters is 1. The molecule has 0 fully saturated rings. The van der Waals surface area contributed by atoms with Crippen LogP contribution in [0.1, 0.15) is 43.2 Å². The zero-order valence-electron chi connectivity index (χ0n) is 12.2. The lowest BCUT2D eigenvalue weighted by molar-refractivity contribution is 0.0511. The summed E-state index contributed by atoms with van der Waals surface area (Å²) in [5.41, 5.74) is -0.202. The molecule has 0 aliphatic heterocycles. The molecule has 1 aromatic heterocycles. The summed E-state index contributed by atoms with van der Waals surface area (Å²) in [6.45, 7) is 7.89. The smallest absolute Gasteiger partial charge is 0.407 e. The highest BCUT2D eigenvalue weighted by Crippen LogP contribution is 2.11. The Balaban J connectivity index is 2.36. The number of carbonyl (C=O) groups is 2. The maximum Gasteiger partial charge on any atom is 0.407 e. The van der Waals surface area contributed by atoms with Gasteiger partial charge >= 0.3 is 12.1 Å². The van der Waals surface area contributed by atoms with Gasteiger partial charge in [0.15, 0.2) is 5.69 Å². The maximum atomic E-state index is 11.4. The number of nitrogens with one attached hydrogen (secondary N) is 1. The van der Waals surface area contributed by atoms with Crippen molar-refractivity contribution >= 4 is 23.4 Å². The lowest BCUT2D eigenvalue weighted by Gasteiger charge is -2.19. The van der Waals surface area contributed by atoms with Gasteiger partial charge in [0.05, 0.1) is 11.6 Å². The molecule has 0 atom stereocenters. The maximum absolute atomic E-state index is 11.4. The predicted octanol–water partition coefficient (Wildman–Crippen LogP) is 2.39. The molecule has 1 amide bonds. The minimum Gasteiger partial charge on any atom is -0.461 e. The molecule has 112 valence electrons. The van der Waals surface area contributed by atoms with Crippen LogP contribution in [0.4, 0.5) is 4.79 Å². The second-order valence-electron chi connectivity index (χ2n) is 5.03. The Morgan fingerprint density at radius 1 is 1.40 bits per heavy atom. The van der Waals surface area contributed by atoms with Crippen LogP contribution >= 0.6 is 11.3 Å². The Bertz CT molecular complexity index is 465. The van der Waals surface area contributed by atoms with Gasteiger partial charge in [-0.05, 0) is 27.7 Å². The zero-order chi connectivity index (χ0) is 15.2. The Kier molecular flexibility index (Phi) is 5.94. The zero-order valence-corrected chi connectivity index (χ0v) is 13.0. The van der Waals surface area contributed by atoms with E-state index in [0.29, 0.717) is 25.3 Å². The van der Waals surface area contributed by atoms with E-state index >= 15 is 0 Å². The Morgan fingerprint density at radius 3 is 2.70 bits per heavy atom. The number of alkyl carbamates (subject to hydrolysis) is 1. The van der Waals surface area contributed by atoms with Gasteiger partial charge in [0.2, 0.25) is 0 Å². The van der Waals surface area contributed by atoms with Gasteiger partial charge in [0.25, 0.3) is 0 Å². The van der Waals surface area contributed by atoms with E-state index in [-0.39, 0.29) is 0 Å². The Labute approximate surface area is 122 Å². The summed E-state index contributed by atoms with van der Waals surface area (Å²) in [4.78, 5) is 27.0.